The predicted octanol–water partition coefficient (Wildman–Crippen LogP) is 4.71. The van der Waals surface area contributed by atoms with Crippen LogP contribution in [0.15, 0.2) is 78.8 Å². The predicted molar refractivity (Wildman–Crippen MR) is 212 cm³/mol. The maximum absolute atomic E-state index is 14.7. The number of hydrogen-bond acceptors (Lipinski definition) is 11. The highest BCUT2D eigenvalue weighted by Crippen LogP contribution is 2.45. The first-order valence-electron chi connectivity index (χ1n) is 19.1. The van der Waals surface area contributed by atoms with E-state index >= 15 is 0 Å². The topological polar surface area (TPSA) is 194 Å². The van der Waals surface area contributed by atoms with Crippen molar-refractivity contribution >= 4 is 51.3 Å². The van der Waals surface area contributed by atoms with Crippen molar-refractivity contribution < 1.29 is 33.4 Å². The number of aromatic nitrogens is 3. The summed E-state index contributed by atoms with van der Waals surface area (Å²) in [6, 6.07) is 13.4. The third-order valence-corrected chi connectivity index (χ3v) is 11.5. The molecular weight excluding hydrogens is 749 g/mol. The number of nitrogens with zero attached hydrogens (tertiary/aromatic N) is 4. The Hall–Kier alpha value is -5.90. The van der Waals surface area contributed by atoms with E-state index in [1.807, 2.05) is 38.3 Å². The van der Waals surface area contributed by atoms with Gasteiger partial charge in [-0.15, -0.1) is 17.9 Å². The minimum absolute atomic E-state index is 0.0319. The lowest BCUT2D eigenvalue weighted by atomic mass is 9.85. The lowest BCUT2D eigenvalue weighted by Crippen LogP contribution is -2.60. The Labute approximate surface area is 334 Å². The Bertz CT molecular complexity index is 2150. The van der Waals surface area contributed by atoms with Crippen molar-refractivity contribution in [1.29, 1.82) is 0 Å². The average Bonchev–Trinajstić information content (AvgIpc) is 3.64. The molecule has 2 aliphatic carbocycles. The number of alkyl carbamates (subject to hydrolysis) is 1. The highest BCUT2D eigenvalue weighted by atomic mass is 32.1. The second-order valence-corrected chi connectivity index (χ2v) is 16.6. The minimum Gasteiger partial charge on any atom is -0.471 e. The highest BCUT2D eigenvalue weighted by Gasteiger charge is 2.61. The van der Waals surface area contributed by atoms with Gasteiger partial charge in [0.05, 0.1) is 12.1 Å². The van der Waals surface area contributed by atoms with Crippen LogP contribution in [0.3, 0.4) is 0 Å². The minimum atomic E-state index is -1.43. The van der Waals surface area contributed by atoms with Crippen LogP contribution < -0.4 is 26.2 Å². The lowest BCUT2D eigenvalue weighted by molar-refractivity contribution is -0.143. The molecule has 3 aliphatic rings. The summed E-state index contributed by atoms with van der Waals surface area (Å²) >= 11 is 1.40. The summed E-state index contributed by atoms with van der Waals surface area (Å²) in [7, 11) is 0. The Kier molecular flexibility index (Phi) is 11.2. The Morgan fingerprint density at radius 3 is 2.42 bits per heavy atom. The number of nitrogens with one attached hydrogen (secondary N) is 4. The zero-order valence-corrected chi connectivity index (χ0v) is 32.8. The molecule has 15 nitrogen and oxygen atoms in total. The van der Waals surface area contributed by atoms with E-state index in [2.05, 4.69) is 38.0 Å². The number of hydrazine groups is 1. The van der Waals surface area contributed by atoms with E-state index in [1.165, 1.54) is 16.2 Å². The van der Waals surface area contributed by atoms with Gasteiger partial charge in [-0.1, -0.05) is 51.1 Å². The molecule has 5 atom stereocenters. The normalized spacial score (nSPS) is 22.3. The van der Waals surface area contributed by atoms with Crippen molar-refractivity contribution in [3.05, 3.63) is 84.4 Å². The molecule has 5 amide bonds. The zero-order chi connectivity index (χ0) is 40.3. The van der Waals surface area contributed by atoms with Crippen molar-refractivity contribution in [2.24, 2.45) is 11.3 Å². The molecule has 7 rings (SSSR count). The van der Waals surface area contributed by atoms with Crippen LogP contribution in [0, 0.1) is 11.3 Å². The van der Waals surface area contributed by atoms with Gasteiger partial charge in [0.15, 0.2) is 5.82 Å². The zero-order valence-electron chi connectivity index (χ0n) is 32.0. The molecule has 16 heteroatoms. The molecule has 1 aliphatic heterocycles. The lowest BCUT2D eigenvalue weighted by Gasteiger charge is -2.35. The maximum Gasteiger partial charge on any atom is 0.408 e. The molecule has 3 fully saturated rings. The summed E-state index contributed by atoms with van der Waals surface area (Å²) in [4.78, 5) is 83.9. The van der Waals surface area contributed by atoms with Crippen LogP contribution in [0.2, 0.25) is 0 Å². The van der Waals surface area contributed by atoms with E-state index in [0.29, 0.717) is 27.3 Å². The summed E-state index contributed by atoms with van der Waals surface area (Å²) in [5.74, 6) is -2.11. The van der Waals surface area contributed by atoms with Gasteiger partial charge in [0.1, 0.15) is 40.2 Å². The van der Waals surface area contributed by atoms with Gasteiger partial charge in [0.25, 0.3) is 11.8 Å². The molecule has 0 radical (unpaired) electrons. The van der Waals surface area contributed by atoms with Crippen molar-refractivity contribution in [3.63, 3.8) is 0 Å². The quantitative estimate of drug-likeness (QED) is 0.122. The van der Waals surface area contributed by atoms with Crippen LogP contribution >= 0.6 is 11.3 Å². The molecule has 4 aromatic rings. The van der Waals surface area contributed by atoms with Crippen LogP contribution in [-0.4, -0.2) is 85.9 Å². The second-order valence-electron chi connectivity index (χ2n) is 15.7. The van der Waals surface area contributed by atoms with Crippen LogP contribution in [-0.2, 0) is 19.1 Å². The molecule has 0 unspecified atom stereocenters. The van der Waals surface area contributed by atoms with Crippen molar-refractivity contribution in [2.45, 2.75) is 89.1 Å². The molecule has 2 saturated carbocycles. The molecule has 4 N–H and O–H groups in total. The third-order valence-electron chi connectivity index (χ3n) is 10.6. The first kappa shape index (κ1) is 39.3. The summed E-state index contributed by atoms with van der Waals surface area (Å²) < 4.78 is 12.9. The fraction of sp³-hybridized carbons (Fsp3) is 0.415. The van der Waals surface area contributed by atoms with E-state index in [1.54, 1.807) is 54.7 Å². The first-order valence-corrected chi connectivity index (χ1v) is 20.0. The van der Waals surface area contributed by atoms with Gasteiger partial charge in [0, 0.05) is 24.1 Å². The fourth-order valence-electron chi connectivity index (χ4n) is 7.41. The van der Waals surface area contributed by atoms with E-state index < -0.39 is 64.8 Å². The van der Waals surface area contributed by atoms with Gasteiger partial charge in [-0.3, -0.25) is 35.0 Å². The highest BCUT2D eigenvalue weighted by molar-refractivity contribution is 7.17. The standard InChI is InChI=1S/C41H46N8O7S/c1-5-25-22-41(25,38(53)48-47-34(50)24-13-7-6-8-14-24)46-35(51)30-21-27(55-36-31-28(18-20-57-31)43-33(45-36)29-17-11-12-19-42-29)23-49(30)37(52)32(40(2,3)4)44-39(54)56-26-15-9-10-16-26/h5-8,11-14,17-20,25-27,30,32H,1,9-10,15-16,21-23H2,2-4H3,(H,44,54)(H,46,51)(H,47,50)(H,48,53)/t25-,27-,30+,32-,41+/m1/s1. The number of carbonyl (C=O) groups is 5. The van der Waals surface area contributed by atoms with Gasteiger partial charge >= 0.3 is 6.09 Å². The van der Waals surface area contributed by atoms with E-state index in [0.717, 1.165) is 25.7 Å². The smallest absolute Gasteiger partial charge is 0.408 e. The Balaban J connectivity index is 1.15. The van der Waals surface area contributed by atoms with Crippen LogP contribution in [0.1, 0.15) is 69.7 Å². The molecule has 0 bridgehead atoms. The van der Waals surface area contributed by atoms with E-state index in [4.69, 9.17) is 14.5 Å². The van der Waals surface area contributed by atoms with Gasteiger partial charge in [-0.25, -0.2) is 9.78 Å². The molecule has 0 spiro atoms. The largest absolute Gasteiger partial charge is 0.471 e. The molecule has 1 aromatic carbocycles. The molecule has 57 heavy (non-hydrogen) atoms. The van der Waals surface area contributed by atoms with Gasteiger partial charge in [-0.2, -0.15) is 4.98 Å². The van der Waals surface area contributed by atoms with Gasteiger partial charge in [0.2, 0.25) is 17.7 Å². The van der Waals surface area contributed by atoms with E-state index in [-0.39, 0.29) is 31.4 Å². The Morgan fingerprint density at radius 2 is 1.74 bits per heavy atom. The van der Waals surface area contributed by atoms with Gasteiger partial charge in [-0.05, 0) is 73.2 Å². The average molecular weight is 795 g/mol. The molecular formula is C41H46N8O7S. The first-order chi connectivity index (χ1) is 27.4. The second kappa shape index (κ2) is 16.3. The number of amides is 5. The monoisotopic (exact) mass is 794 g/mol. The number of rotatable bonds is 11. The number of likely N-dealkylation sites (tertiary alicyclic amines) is 1. The van der Waals surface area contributed by atoms with Crippen LogP contribution in [0.5, 0.6) is 5.88 Å². The van der Waals surface area contributed by atoms with Crippen molar-refractivity contribution in [2.75, 3.05) is 6.54 Å². The number of ether oxygens (including phenoxy) is 2. The number of thiophene rings is 1. The number of fused-ring (bicyclic) bond motifs is 1. The molecule has 3 aromatic heterocycles. The van der Waals surface area contributed by atoms with Gasteiger partial charge < -0.3 is 25.0 Å². The van der Waals surface area contributed by atoms with Crippen molar-refractivity contribution in [1.82, 2.24) is 41.3 Å². The number of benzene rings is 1. The maximum atomic E-state index is 14.7. The molecule has 1 saturated heterocycles. The van der Waals surface area contributed by atoms with E-state index in [9.17, 15) is 24.0 Å². The summed E-state index contributed by atoms with van der Waals surface area (Å²) in [5, 5.41) is 7.57. The van der Waals surface area contributed by atoms with Crippen molar-refractivity contribution in [3.8, 4) is 17.4 Å². The molecule has 298 valence electrons. The fourth-order valence-corrected chi connectivity index (χ4v) is 8.17. The third kappa shape index (κ3) is 8.60. The summed E-state index contributed by atoms with van der Waals surface area (Å²) in [5.41, 5.74) is 4.19. The number of carbonyl (C=O) groups excluding carboxylic acids is 5. The summed E-state index contributed by atoms with van der Waals surface area (Å²) in [6.07, 6.45) is 5.27. The molecule has 4 heterocycles. The van der Waals surface area contributed by atoms with Crippen LogP contribution in [0.25, 0.3) is 21.7 Å². The van der Waals surface area contributed by atoms with Crippen LogP contribution in [0.4, 0.5) is 4.79 Å². The SMILES string of the molecule is C=C[C@@H]1C[C@@]1(NC(=O)[C@@H]1C[C@@H](Oc2nc(-c3ccccn3)nc3ccsc23)CN1C(=O)[C@@H](NC(=O)OC1CCCC1)C(C)(C)C)C(=O)NNC(=O)c1ccccc1. The summed E-state index contributed by atoms with van der Waals surface area (Å²) in [6.45, 7) is 9.27. The Morgan fingerprint density at radius 1 is 0.982 bits per heavy atom. The number of pyridine rings is 1. The number of hydrogen-bond donors (Lipinski definition) is 4.